The first-order valence-electron chi connectivity index (χ1n) is 7.26. The summed E-state index contributed by atoms with van der Waals surface area (Å²) in [6.07, 6.45) is 9.08. The zero-order chi connectivity index (χ0) is 12.6. The third-order valence-corrected chi connectivity index (χ3v) is 3.76. The number of unbranched alkanes of at least 4 members (excludes halogenated alkanes) is 2. The second-order valence-corrected chi connectivity index (χ2v) is 5.08. The van der Waals surface area contributed by atoms with Crippen molar-refractivity contribution in [1.82, 2.24) is 15.2 Å². The quantitative estimate of drug-likeness (QED) is 0.814. The SMILES string of the molecule is CCCCC[C@@H](c1ccncc1)N1CCNCC1.Cl.Cl. The predicted molar refractivity (Wildman–Crippen MR) is 90.1 cm³/mol. The Kier molecular flexibility index (Phi) is 11.1. The lowest BCUT2D eigenvalue weighted by Crippen LogP contribution is -2.45. The molecule has 0 aliphatic carbocycles. The van der Waals surface area contributed by atoms with Gasteiger partial charge in [-0.1, -0.05) is 26.2 Å². The summed E-state index contributed by atoms with van der Waals surface area (Å²) in [5, 5.41) is 3.43. The van der Waals surface area contributed by atoms with Crippen molar-refractivity contribution in [3.8, 4) is 0 Å². The van der Waals surface area contributed by atoms with Crippen molar-refractivity contribution in [2.24, 2.45) is 0 Å². The number of hydrogen-bond donors (Lipinski definition) is 1. The van der Waals surface area contributed by atoms with E-state index in [0.717, 1.165) is 13.1 Å². The summed E-state index contributed by atoms with van der Waals surface area (Å²) in [6.45, 7) is 6.84. The zero-order valence-corrected chi connectivity index (χ0v) is 13.9. The lowest BCUT2D eigenvalue weighted by atomic mass is 9.99. The van der Waals surface area contributed by atoms with Crippen LogP contribution in [0.2, 0.25) is 0 Å². The molecule has 1 atom stereocenters. The van der Waals surface area contributed by atoms with Gasteiger partial charge in [0, 0.05) is 44.6 Å². The van der Waals surface area contributed by atoms with Crippen molar-refractivity contribution in [3.05, 3.63) is 30.1 Å². The fourth-order valence-corrected chi connectivity index (χ4v) is 2.73. The van der Waals surface area contributed by atoms with Crippen molar-refractivity contribution < 1.29 is 0 Å². The van der Waals surface area contributed by atoms with Crippen LogP contribution in [-0.4, -0.2) is 36.1 Å². The second kappa shape index (κ2) is 11.3. The van der Waals surface area contributed by atoms with Gasteiger partial charge in [0.2, 0.25) is 0 Å². The lowest BCUT2D eigenvalue weighted by Gasteiger charge is -2.35. The fourth-order valence-electron chi connectivity index (χ4n) is 2.73. The topological polar surface area (TPSA) is 28.2 Å². The molecule has 116 valence electrons. The van der Waals surface area contributed by atoms with Crippen molar-refractivity contribution >= 4 is 24.8 Å². The predicted octanol–water partition coefficient (Wildman–Crippen LogP) is 3.45. The van der Waals surface area contributed by atoms with Crippen LogP contribution in [0.1, 0.15) is 44.2 Å². The number of aromatic nitrogens is 1. The number of pyridine rings is 1. The third-order valence-electron chi connectivity index (χ3n) is 3.76. The normalized spacial score (nSPS) is 16.9. The van der Waals surface area contributed by atoms with Crippen molar-refractivity contribution in [2.45, 2.75) is 38.6 Å². The summed E-state index contributed by atoms with van der Waals surface area (Å²) >= 11 is 0. The Balaban J connectivity index is 0.00000180. The number of nitrogens with zero attached hydrogens (tertiary/aromatic N) is 2. The highest BCUT2D eigenvalue weighted by molar-refractivity contribution is 5.85. The van der Waals surface area contributed by atoms with Gasteiger partial charge >= 0.3 is 0 Å². The Hall–Kier alpha value is -0.350. The molecule has 1 saturated heterocycles. The third kappa shape index (κ3) is 5.96. The monoisotopic (exact) mass is 319 g/mol. The first-order valence-corrected chi connectivity index (χ1v) is 7.26. The van der Waals surface area contributed by atoms with Crippen LogP contribution in [0.25, 0.3) is 0 Å². The molecule has 1 aliphatic rings. The Morgan fingerprint density at radius 2 is 1.80 bits per heavy atom. The molecule has 0 saturated carbocycles. The lowest BCUT2D eigenvalue weighted by molar-refractivity contribution is 0.162. The van der Waals surface area contributed by atoms with Crippen LogP contribution in [0.4, 0.5) is 0 Å². The molecule has 1 aliphatic heterocycles. The minimum atomic E-state index is 0. The van der Waals surface area contributed by atoms with Crippen molar-refractivity contribution in [3.63, 3.8) is 0 Å². The smallest absolute Gasteiger partial charge is 0.0350 e. The molecule has 1 aromatic heterocycles. The molecule has 2 heterocycles. The van der Waals surface area contributed by atoms with Gasteiger partial charge in [-0.25, -0.2) is 0 Å². The minimum Gasteiger partial charge on any atom is -0.314 e. The van der Waals surface area contributed by atoms with Crippen molar-refractivity contribution in [2.75, 3.05) is 26.2 Å². The molecule has 0 bridgehead atoms. The number of rotatable bonds is 6. The van der Waals surface area contributed by atoms with E-state index in [1.807, 2.05) is 12.4 Å². The molecule has 3 nitrogen and oxygen atoms in total. The van der Waals surface area contributed by atoms with Crippen LogP contribution in [0.15, 0.2) is 24.5 Å². The van der Waals surface area contributed by atoms with Crippen LogP contribution in [0, 0.1) is 0 Å². The largest absolute Gasteiger partial charge is 0.314 e. The highest BCUT2D eigenvalue weighted by Gasteiger charge is 2.21. The Labute approximate surface area is 135 Å². The molecule has 0 radical (unpaired) electrons. The van der Waals surface area contributed by atoms with E-state index >= 15 is 0 Å². The van der Waals surface area contributed by atoms with E-state index < -0.39 is 0 Å². The molecule has 0 aromatic carbocycles. The number of nitrogens with one attached hydrogen (secondary N) is 1. The van der Waals surface area contributed by atoms with Crippen LogP contribution in [0.5, 0.6) is 0 Å². The second-order valence-electron chi connectivity index (χ2n) is 5.08. The molecule has 5 heteroatoms. The molecule has 2 rings (SSSR count). The molecule has 1 aromatic rings. The van der Waals surface area contributed by atoms with E-state index in [9.17, 15) is 0 Å². The summed E-state index contributed by atoms with van der Waals surface area (Å²) in [7, 11) is 0. The van der Waals surface area contributed by atoms with Gasteiger partial charge in [0.15, 0.2) is 0 Å². The average molecular weight is 320 g/mol. The van der Waals surface area contributed by atoms with Gasteiger partial charge in [0.25, 0.3) is 0 Å². The minimum absolute atomic E-state index is 0. The van der Waals surface area contributed by atoms with Crippen LogP contribution >= 0.6 is 24.8 Å². The standard InChI is InChI=1S/C15H25N3.2ClH/c1-2-3-4-5-15(14-6-8-16-9-7-14)18-12-10-17-11-13-18;;/h6-9,15,17H,2-5,10-13H2,1H3;2*1H/t15-;;/m0../s1. The molecular formula is C15H27Cl2N3. The molecule has 1 N–H and O–H groups in total. The Morgan fingerprint density at radius 1 is 1.15 bits per heavy atom. The van der Waals surface area contributed by atoms with E-state index in [4.69, 9.17) is 0 Å². The van der Waals surface area contributed by atoms with Crippen molar-refractivity contribution in [1.29, 1.82) is 0 Å². The summed E-state index contributed by atoms with van der Waals surface area (Å²) in [4.78, 5) is 6.76. The molecule has 0 amide bonds. The van der Waals surface area contributed by atoms with Crippen LogP contribution in [-0.2, 0) is 0 Å². The summed E-state index contributed by atoms with van der Waals surface area (Å²) in [5.41, 5.74) is 1.43. The van der Waals surface area contributed by atoms with Crippen LogP contribution in [0.3, 0.4) is 0 Å². The fraction of sp³-hybridized carbons (Fsp3) is 0.667. The number of piperazine rings is 1. The van der Waals surface area contributed by atoms with E-state index in [-0.39, 0.29) is 24.8 Å². The van der Waals surface area contributed by atoms with Gasteiger partial charge in [-0.15, -0.1) is 24.8 Å². The molecule has 0 spiro atoms. The number of hydrogen-bond acceptors (Lipinski definition) is 3. The maximum atomic E-state index is 4.14. The van der Waals surface area contributed by atoms with E-state index in [2.05, 4.69) is 34.3 Å². The van der Waals surface area contributed by atoms with Gasteiger partial charge in [0.05, 0.1) is 0 Å². The average Bonchev–Trinajstić information content (AvgIpc) is 2.46. The highest BCUT2D eigenvalue weighted by atomic mass is 35.5. The van der Waals surface area contributed by atoms with E-state index in [0.29, 0.717) is 6.04 Å². The summed E-state index contributed by atoms with van der Waals surface area (Å²) in [5.74, 6) is 0. The molecule has 1 fully saturated rings. The van der Waals surface area contributed by atoms with E-state index in [1.54, 1.807) is 0 Å². The maximum Gasteiger partial charge on any atom is 0.0350 e. The molecule has 20 heavy (non-hydrogen) atoms. The maximum absolute atomic E-state index is 4.14. The number of halogens is 2. The van der Waals surface area contributed by atoms with Gasteiger partial charge in [-0.3, -0.25) is 9.88 Å². The van der Waals surface area contributed by atoms with Gasteiger partial charge in [0.1, 0.15) is 0 Å². The summed E-state index contributed by atoms with van der Waals surface area (Å²) < 4.78 is 0. The Bertz CT molecular complexity index is 329. The molecule has 0 unspecified atom stereocenters. The highest BCUT2D eigenvalue weighted by Crippen LogP contribution is 2.26. The summed E-state index contributed by atoms with van der Waals surface area (Å²) in [6, 6.07) is 4.94. The first kappa shape index (κ1) is 19.7. The van der Waals surface area contributed by atoms with Gasteiger partial charge in [-0.2, -0.15) is 0 Å². The van der Waals surface area contributed by atoms with Gasteiger partial charge < -0.3 is 5.32 Å². The molecular weight excluding hydrogens is 293 g/mol. The van der Waals surface area contributed by atoms with Crippen LogP contribution < -0.4 is 5.32 Å². The zero-order valence-electron chi connectivity index (χ0n) is 12.3. The van der Waals surface area contributed by atoms with Gasteiger partial charge in [-0.05, 0) is 24.1 Å². The first-order chi connectivity index (χ1) is 8.92. The van der Waals surface area contributed by atoms with E-state index in [1.165, 1.54) is 44.3 Å². The Morgan fingerprint density at radius 3 is 2.40 bits per heavy atom.